The van der Waals surface area contributed by atoms with E-state index in [1.807, 2.05) is 12.1 Å². The first-order chi connectivity index (χ1) is 13.7. The molecule has 4 rings (SSSR count). The minimum Gasteiger partial charge on any atom is -0.441 e. The van der Waals surface area contributed by atoms with E-state index < -0.39 is 0 Å². The van der Waals surface area contributed by atoms with E-state index in [2.05, 4.69) is 20.4 Å². The highest BCUT2D eigenvalue weighted by Crippen LogP contribution is 2.21. The average molecular weight is 377 g/mol. The molecule has 0 spiro atoms. The molecule has 0 aliphatic carbocycles. The lowest BCUT2D eigenvalue weighted by Crippen LogP contribution is -2.12. The van der Waals surface area contributed by atoms with E-state index in [4.69, 9.17) is 4.42 Å². The lowest BCUT2D eigenvalue weighted by molar-refractivity contribution is -0.116. The van der Waals surface area contributed by atoms with Gasteiger partial charge in [0.25, 0.3) is 0 Å². The second-order valence-corrected chi connectivity index (χ2v) is 6.06. The van der Waals surface area contributed by atoms with E-state index in [9.17, 15) is 9.18 Å². The predicted molar refractivity (Wildman–Crippen MR) is 100 cm³/mol. The Bertz CT molecular complexity index is 1060. The van der Waals surface area contributed by atoms with Crippen LogP contribution < -0.4 is 5.32 Å². The quantitative estimate of drug-likeness (QED) is 0.554. The number of anilines is 1. The number of aromatic nitrogens is 4. The Morgan fingerprint density at radius 2 is 1.89 bits per heavy atom. The van der Waals surface area contributed by atoms with E-state index in [-0.39, 0.29) is 18.1 Å². The molecule has 2 aromatic carbocycles. The highest BCUT2D eigenvalue weighted by molar-refractivity contribution is 5.90. The van der Waals surface area contributed by atoms with Crippen LogP contribution in [0, 0.1) is 5.82 Å². The summed E-state index contributed by atoms with van der Waals surface area (Å²) in [5.41, 5.74) is 2.27. The zero-order valence-electron chi connectivity index (χ0n) is 14.7. The molecule has 140 valence electrons. The Balaban J connectivity index is 1.31. The van der Waals surface area contributed by atoms with Gasteiger partial charge in [0.05, 0.1) is 11.9 Å². The van der Waals surface area contributed by atoms with Gasteiger partial charge in [-0.2, -0.15) is 5.10 Å². The smallest absolute Gasteiger partial charge is 0.224 e. The van der Waals surface area contributed by atoms with Gasteiger partial charge in [0.1, 0.15) is 18.5 Å². The van der Waals surface area contributed by atoms with Gasteiger partial charge in [-0.25, -0.2) is 19.0 Å². The molecule has 4 aromatic rings. The van der Waals surface area contributed by atoms with Crippen LogP contribution in [0.2, 0.25) is 0 Å². The van der Waals surface area contributed by atoms with Crippen molar-refractivity contribution in [2.45, 2.75) is 12.8 Å². The van der Waals surface area contributed by atoms with Gasteiger partial charge < -0.3 is 9.73 Å². The van der Waals surface area contributed by atoms with E-state index in [1.54, 1.807) is 41.5 Å². The topological polar surface area (TPSA) is 85.8 Å². The number of oxazole rings is 1. The van der Waals surface area contributed by atoms with Gasteiger partial charge in [-0.1, -0.05) is 0 Å². The minimum atomic E-state index is -0.311. The van der Waals surface area contributed by atoms with Crippen LogP contribution >= 0.6 is 0 Å². The van der Waals surface area contributed by atoms with Crippen molar-refractivity contribution in [2.24, 2.45) is 0 Å². The number of carbonyl (C=O) groups is 1. The molecule has 0 unspecified atom stereocenters. The number of amides is 1. The van der Waals surface area contributed by atoms with Gasteiger partial charge >= 0.3 is 0 Å². The SMILES string of the molecule is O=C(CCc1ncc(-c2ccc(F)cc2)o1)Nc1ccc(-n2cncn2)cc1. The van der Waals surface area contributed by atoms with Gasteiger partial charge in [0.2, 0.25) is 5.91 Å². The minimum absolute atomic E-state index is 0.143. The summed E-state index contributed by atoms with van der Waals surface area (Å²) in [5.74, 6) is 0.541. The molecule has 2 aromatic heterocycles. The van der Waals surface area contributed by atoms with E-state index in [0.29, 0.717) is 23.8 Å². The maximum Gasteiger partial charge on any atom is 0.224 e. The van der Waals surface area contributed by atoms with Crippen LogP contribution in [0.25, 0.3) is 17.0 Å². The van der Waals surface area contributed by atoms with Crippen molar-refractivity contribution in [3.63, 3.8) is 0 Å². The lowest BCUT2D eigenvalue weighted by atomic mass is 10.2. The first-order valence-electron chi connectivity index (χ1n) is 8.63. The molecule has 0 radical (unpaired) electrons. The number of benzene rings is 2. The van der Waals surface area contributed by atoms with Crippen LogP contribution in [-0.4, -0.2) is 25.7 Å². The summed E-state index contributed by atoms with van der Waals surface area (Å²) in [6, 6.07) is 13.2. The van der Waals surface area contributed by atoms with Gasteiger partial charge in [-0.05, 0) is 48.5 Å². The first kappa shape index (κ1) is 17.6. The molecular formula is C20H16FN5O2. The second-order valence-electron chi connectivity index (χ2n) is 6.06. The van der Waals surface area contributed by atoms with Gasteiger partial charge in [-0.15, -0.1) is 0 Å². The van der Waals surface area contributed by atoms with Gasteiger partial charge in [0.15, 0.2) is 11.7 Å². The zero-order valence-corrected chi connectivity index (χ0v) is 14.7. The van der Waals surface area contributed by atoms with Crippen molar-refractivity contribution in [3.8, 4) is 17.0 Å². The van der Waals surface area contributed by atoms with Crippen LogP contribution in [-0.2, 0) is 11.2 Å². The van der Waals surface area contributed by atoms with E-state index >= 15 is 0 Å². The number of nitrogens with zero attached hydrogens (tertiary/aromatic N) is 4. The van der Waals surface area contributed by atoms with Gasteiger partial charge in [0, 0.05) is 24.1 Å². The number of hydrogen-bond donors (Lipinski definition) is 1. The summed E-state index contributed by atoms with van der Waals surface area (Å²) >= 11 is 0. The lowest BCUT2D eigenvalue weighted by Gasteiger charge is -2.06. The fourth-order valence-electron chi connectivity index (χ4n) is 2.66. The van der Waals surface area contributed by atoms with Crippen molar-refractivity contribution in [1.82, 2.24) is 19.7 Å². The molecule has 0 aliphatic heterocycles. The van der Waals surface area contributed by atoms with Crippen molar-refractivity contribution in [3.05, 3.63) is 79.1 Å². The summed E-state index contributed by atoms with van der Waals surface area (Å²) in [4.78, 5) is 20.2. The molecule has 7 nitrogen and oxygen atoms in total. The van der Waals surface area contributed by atoms with Crippen molar-refractivity contribution in [1.29, 1.82) is 0 Å². The van der Waals surface area contributed by atoms with Gasteiger partial charge in [-0.3, -0.25) is 4.79 Å². The number of carbonyl (C=O) groups excluding carboxylic acids is 1. The van der Waals surface area contributed by atoms with Crippen LogP contribution in [0.4, 0.5) is 10.1 Å². The maximum absolute atomic E-state index is 13.0. The fourth-order valence-corrected chi connectivity index (χ4v) is 2.66. The fraction of sp³-hybridized carbons (Fsp3) is 0.100. The summed E-state index contributed by atoms with van der Waals surface area (Å²) in [6.07, 6.45) is 5.23. The summed E-state index contributed by atoms with van der Waals surface area (Å²) in [7, 11) is 0. The number of halogens is 1. The average Bonchev–Trinajstić information content (AvgIpc) is 3.40. The summed E-state index contributed by atoms with van der Waals surface area (Å²) < 4.78 is 20.3. The molecule has 0 fully saturated rings. The molecule has 0 aliphatic rings. The Hall–Kier alpha value is -3.81. The number of rotatable bonds is 6. The molecule has 2 heterocycles. The van der Waals surface area contributed by atoms with Crippen LogP contribution in [0.1, 0.15) is 12.3 Å². The number of aryl methyl sites for hydroxylation is 1. The summed E-state index contributed by atoms with van der Waals surface area (Å²) in [5, 5.41) is 6.88. The molecule has 28 heavy (non-hydrogen) atoms. The van der Waals surface area contributed by atoms with Crippen LogP contribution in [0.5, 0.6) is 0 Å². The first-order valence-corrected chi connectivity index (χ1v) is 8.63. The monoisotopic (exact) mass is 377 g/mol. The van der Waals surface area contributed by atoms with Crippen molar-refractivity contribution in [2.75, 3.05) is 5.32 Å². The van der Waals surface area contributed by atoms with E-state index in [1.165, 1.54) is 18.5 Å². The van der Waals surface area contributed by atoms with Crippen LogP contribution in [0.3, 0.4) is 0 Å². The third-order valence-corrected chi connectivity index (χ3v) is 4.08. The van der Waals surface area contributed by atoms with E-state index in [0.717, 1.165) is 11.3 Å². The maximum atomic E-state index is 13.0. The highest BCUT2D eigenvalue weighted by Gasteiger charge is 2.10. The third kappa shape index (κ3) is 4.12. The Morgan fingerprint density at radius 1 is 1.11 bits per heavy atom. The highest BCUT2D eigenvalue weighted by atomic mass is 19.1. The second kappa shape index (κ2) is 7.83. The summed E-state index contributed by atoms with van der Waals surface area (Å²) in [6.45, 7) is 0. The molecule has 0 atom stereocenters. The third-order valence-electron chi connectivity index (χ3n) is 4.08. The largest absolute Gasteiger partial charge is 0.441 e. The molecule has 0 saturated carbocycles. The normalized spacial score (nSPS) is 10.8. The zero-order chi connectivity index (χ0) is 19.3. The molecule has 1 amide bonds. The molecular weight excluding hydrogens is 361 g/mol. The van der Waals surface area contributed by atoms with Crippen molar-refractivity contribution < 1.29 is 13.6 Å². The van der Waals surface area contributed by atoms with Crippen LogP contribution in [0.15, 0.2) is 71.8 Å². The number of nitrogens with one attached hydrogen (secondary N) is 1. The number of hydrogen-bond acceptors (Lipinski definition) is 5. The standard InChI is InChI=1S/C20H16FN5O2/c21-15-3-1-14(2-4-15)18-11-23-20(28-18)10-9-19(27)25-16-5-7-17(8-6-16)26-13-22-12-24-26/h1-8,11-13H,9-10H2,(H,25,27). The Morgan fingerprint density at radius 3 is 2.61 bits per heavy atom. The molecule has 1 N–H and O–H groups in total. The Labute approximate surface area is 159 Å². The van der Waals surface area contributed by atoms with Crippen molar-refractivity contribution >= 4 is 11.6 Å². The molecule has 0 bridgehead atoms. The molecule has 8 heteroatoms. The molecule has 0 saturated heterocycles. The predicted octanol–water partition coefficient (Wildman–Crippen LogP) is 3.63. The Kier molecular flexibility index (Phi) is 4.92.